The Balaban J connectivity index is 1.63. The molecule has 0 unspecified atom stereocenters. The first-order valence-electron chi connectivity index (χ1n) is 12.9. The summed E-state index contributed by atoms with van der Waals surface area (Å²) in [5.74, 6) is -0.171. The van der Waals surface area contributed by atoms with Crippen LogP contribution in [0, 0.1) is 0 Å². The normalized spacial score (nSPS) is 11.6. The van der Waals surface area contributed by atoms with E-state index >= 15 is 0 Å². The monoisotopic (exact) mass is 513 g/mol. The van der Waals surface area contributed by atoms with Crippen LogP contribution in [0.4, 0.5) is 0 Å². The Morgan fingerprint density at radius 1 is 0.842 bits per heavy atom. The summed E-state index contributed by atoms with van der Waals surface area (Å²) in [5, 5.41) is 3.35. The minimum Gasteiger partial charge on any atom is -0.385 e. The number of methoxy groups -OCH3 is 1. The largest absolute Gasteiger partial charge is 0.385 e. The first-order valence-corrected chi connectivity index (χ1v) is 12.9. The molecule has 4 aromatic rings. The number of nitrogens with zero attached hydrogens (tertiary/aromatic N) is 2. The van der Waals surface area contributed by atoms with E-state index in [4.69, 9.17) is 4.74 Å². The number of amides is 1. The molecule has 7 heteroatoms. The van der Waals surface area contributed by atoms with Crippen LogP contribution in [0.1, 0.15) is 54.2 Å². The van der Waals surface area contributed by atoms with Crippen molar-refractivity contribution in [2.45, 2.75) is 45.7 Å². The number of carbonyl (C=O) groups is 1. The maximum absolute atomic E-state index is 13.6. The number of hydrogen-bond acceptors (Lipinski definition) is 4. The van der Waals surface area contributed by atoms with Gasteiger partial charge in [-0.3, -0.25) is 18.7 Å². The molecule has 0 aliphatic heterocycles. The lowest BCUT2D eigenvalue weighted by Crippen LogP contribution is -2.40. The maximum atomic E-state index is 13.6. The summed E-state index contributed by atoms with van der Waals surface area (Å²) in [6, 6.07) is 22.4. The third-order valence-corrected chi connectivity index (χ3v) is 6.66. The van der Waals surface area contributed by atoms with Gasteiger partial charge in [0.15, 0.2) is 0 Å². The first kappa shape index (κ1) is 27.1. The van der Waals surface area contributed by atoms with Crippen LogP contribution in [-0.2, 0) is 23.2 Å². The zero-order chi connectivity index (χ0) is 27.3. The molecule has 0 spiro atoms. The molecule has 0 saturated heterocycles. The molecule has 1 amide bonds. The fourth-order valence-corrected chi connectivity index (χ4v) is 4.42. The van der Waals surface area contributed by atoms with Gasteiger partial charge in [-0.15, -0.1) is 0 Å². The Bertz CT molecular complexity index is 1530. The summed E-state index contributed by atoms with van der Waals surface area (Å²) in [6.45, 7) is 8.07. The molecular formula is C31H35N3O4. The minimum absolute atomic E-state index is 0.0372. The number of fused-ring (bicyclic) bond motifs is 1. The van der Waals surface area contributed by atoms with Gasteiger partial charge in [0.05, 0.1) is 24.0 Å². The lowest BCUT2D eigenvalue weighted by molar-refractivity contribution is 0.0948. The smallest absolute Gasteiger partial charge is 0.332 e. The molecule has 0 fully saturated rings. The molecular weight excluding hydrogens is 478 g/mol. The summed E-state index contributed by atoms with van der Waals surface area (Å²) in [6.07, 6.45) is 0.734. The van der Waals surface area contributed by atoms with Gasteiger partial charge in [-0.1, -0.05) is 69.3 Å². The second-order valence-electron chi connectivity index (χ2n) is 10.5. The van der Waals surface area contributed by atoms with Crippen LogP contribution in [-0.4, -0.2) is 35.3 Å². The molecule has 0 bridgehead atoms. The maximum Gasteiger partial charge on any atom is 0.332 e. The summed E-state index contributed by atoms with van der Waals surface area (Å²) in [7, 11) is 1.63. The number of carbonyl (C=O) groups excluding carboxylic acids is 1. The second-order valence-corrected chi connectivity index (χ2v) is 10.5. The molecule has 1 aromatic heterocycles. The van der Waals surface area contributed by atoms with Gasteiger partial charge >= 0.3 is 5.69 Å². The fraction of sp³-hybridized carbons (Fsp3) is 0.323. The van der Waals surface area contributed by atoms with Gasteiger partial charge in [0.2, 0.25) is 0 Å². The molecule has 3 aromatic carbocycles. The number of hydrogen-bond donors (Lipinski definition) is 1. The molecule has 0 aliphatic rings. The van der Waals surface area contributed by atoms with Gasteiger partial charge < -0.3 is 10.1 Å². The summed E-state index contributed by atoms with van der Waals surface area (Å²) < 4.78 is 7.93. The van der Waals surface area contributed by atoms with E-state index in [0.717, 1.165) is 17.5 Å². The van der Waals surface area contributed by atoms with Crippen molar-refractivity contribution in [3.63, 3.8) is 0 Å². The fourth-order valence-electron chi connectivity index (χ4n) is 4.42. The molecule has 198 valence electrons. The molecule has 7 nitrogen and oxygen atoms in total. The summed E-state index contributed by atoms with van der Waals surface area (Å²) >= 11 is 0. The molecule has 38 heavy (non-hydrogen) atoms. The second kappa shape index (κ2) is 11.6. The van der Waals surface area contributed by atoms with Crippen LogP contribution in [0.2, 0.25) is 0 Å². The van der Waals surface area contributed by atoms with Crippen LogP contribution in [0.15, 0.2) is 82.4 Å². The van der Waals surface area contributed by atoms with E-state index in [1.54, 1.807) is 48.1 Å². The van der Waals surface area contributed by atoms with E-state index in [2.05, 4.69) is 38.2 Å². The topological polar surface area (TPSA) is 82.3 Å². The zero-order valence-corrected chi connectivity index (χ0v) is 22.5. The quantitative estimate of drug-likeness (QED) is 0.338. The van der Waals surface area contributed by atoms with Crippen molar-refractivity contribution >= 4 is 16.8 Å². The SMILES string of the molecule is COCCCNC(=O)c1ccc(Cn2c(=O)c3ccccc3n(Cc3ccc(C(C)(C)C)cc3)c2=O)cc1. The Hall–Kier alpha value is -3.97. The average Bonchev–Trinajstić information content (AvgIpc) is 2.91. The van der Waals surface area contributed by atoms with Crippen molar-refractivity contribution in [1.82, 2.24) is 14.5 Å². The minimum atomic E-state index is -0.367. The Labute approximate surface area is 222 Å². The van der Waals surface area contributed by atoms with Crippen LogP contribution >= 0.6 is 0 Å². The summed E-state index contributed by atoms with van der Waals surface area (Å²) in [5.41, 5.74) is 3.43. The van der Waals surface area contributed by atoms with Gasteiger partial charge in [0, 0.05) is 25.8 Å². The first-order chi connectivity index (χ1) is 18.2. The van der Waals surface area contributed by atoms with Crippen molar-refractivity contribution in [2.75, 3.05) is 20.3 Å². The van der Waals surface area contributed by atoms with E-state index in [-0.39, 0.29) is 29.1 Å². The molecule has 4 rings (SSSR count). The number of nitrogens with one attached hydrogen (secondary N) is 1. The van der Waals surface area contributed by atoms with Crippen molar-refractivity contribution in [3.05, 3.63) is 116 Å². The molecule has 0 radical (unpaired) electrons. The molecule has 1 heterocycles. The average molecular weight is 514 g/mol. The number of aromatic nitrogens is 2. The van der Waals surface area contributed by atoms with Crippen LogP contribution in [0.25, 0.3) is 10.9 Å². The van der Waals surface area contributed by atoms with Crippen molar-refractivity contribution in [1.29, 1.82) is 0 Å². The van der Waals surface area contributed by atoms with Gasteiger partial charge in [-0.25, -0.2) is 4.79 Å². The Morgan fingerprint density at radius 3 is 2.08 bits per heavy atom. The predicted molar refractivity (Wildman–Crippen MR) is 151 cm³/mol. The number of rotatable bonds is 9. The highest BCUT2D eigenvalue weighted by Crippen LogP contribution is 2.22. The van der Waals surface area contributed by atoms with Crippen LogP contribution in [0.3, 0.4) is 0 Å². The van der Waals surface area contributed by atoms with E-state index in [1.807, 2.05) is 24.3 Å². The van der Waals surface area contributed by atoms with Crippen molar-refractivity contribution in [3.8, 4) is 0 Å². The van der Waals surface area contributed by atoms with Gasteiger partial charge in [-0.2, -0.15) is 0 Å². The third kappa shape index (κ3) is 6.11. The number of benzene rings is 3. The van der Waals surface area contributed by atoms with Crippen LogP contribution < -0.4 is 16.6 Å². The number of para-hydroxylation sites is 1. The number of ether oxygens (including phenoxy) is 1. The van der Waals surface area contributed by atoms with Gasteiger partial charge in [0.1, 0.15) is 0 Å². The van der Waals surface area contributed by atoms with Gasteiger partial charge in [0.25, 0.3) is 11.5 Å². The van der Waals surface area contributed by atoms with E-state index in [0.29, 0.717) is 36.2 Å². The predicted octanol–water partition coefficient (Wildman–Crippen LogP) is 4.32. The Morgan fingerprint density at radius 2 is 1.45 bits per heavy atom. The van der Waals surface area contributed by atoms with E-state index in [1.165, 1.54) is 10.1 Å². The Kier molecular flexibility index (Phi) is 8.27. The van der Waals surface area contributed by atoms with Crippen molar-refractivity contribution in [2.24, 2.45) is 0 Å². The highest BCUT2D eigenvalue weighted by atomic mass is 16.5. The molecule has 0 atom stereocenters. The van der Waals surface area contributed by atoms with E-state index < -0.39 is 0 Å². The lowest BCUT2D eigenvalue weighted by Gasteiger charge is -2.19. The van der Waals surface area contributed by atoms with Crippen molar-refractivity contribution < 1.29 is 9.53 Å². The molecule has 0 aliphatic carbocycles. The highest BCUT2D eigenvalue weighted by molar-refractivity contribution is 5.94. The van der Waals surface area contributed by atoms with Gasteiger partial charge in [-0.05, 0) is 52.8 Å². The van der Waals surface area contributed by atoms with Crippen LogP contribution in [0.5, 0.6) is 0 Å². The summed E-state index contributed by atoms with van der Waals surface area (Å²) in [4.78, 5) is 39.3. The zero-order valence-electron chi connectivity index (χ0n) is 22.5. The lowest BCUT2D eigenvalue weighted by atomic mass is 9.87. The standard InChI is InChI=1S/C31H35N3O4/c1-31(2,3)25-16-12-23(13-17-25)20-33-27-9-6-5-8-26(27)29(36)34(30(33)37)21-22-10-14-24(15-11-22)28(35)32-18-7-19-38-4/h5-6,8-17H,7,18-21H2,1-4H3,(H,32,35). The molecule has 1 N–H and O–H groups in total. The van der Waals surface area contributed by atoms with E-state index in [9.17, 15) is 14.4 Å². The molecule has 0 saturated carbocycles. The highest BCUT2D eigenvalue weighted by Gasteiger charge is 2.16. The third-order valence-electron chi connectivity index (χ3n) is 6.66.